The Kier molecular flexibility index (Phi) is 6.04. The van der Waals surface area contributed by atoms with Gasteiger partial charge in [-0.25, -0.2) is 0 Å². The largest absolute Gasteiger partial charge is 0.176 e. The number of rotatable bonds is 5. The van der Waals surface area contributed by atoms with Crippen LogP contribution in [0.2, 0.25) is 19.6 Å². The van der Waals surface area contributed by atoms with E-state index in [1.54, 1.807) is 10.4 Å². The van der Waals surface area contributed by atoms with Crippen LogP contribution in [-0.2, 0) is 0 Å². The summed E-state index contributed by atoms with van der Waals surface area (Å²) in [6.07, 6.45) is 0. The van der Waals surface area contributed by atoms with Gasteiger partial charge < -0.3 is 0 Å². The normalized spacial score (nSPS) is 17.3. The summed E-state index contributed by atoms with van der Waals surface area (Å²) < 4.78 is 0. The summed E-state index contributed by atoms with van der Waals surface area (Å²) >= 11 is 0. The number of allylic oxidation sites excluding steroid dienone is 4. The van der Waals surface area contributed by atoms with E-state index in [0.717, 1.165) is 0 Å². The van der Waals surface area contributed by atoms with Gasteiger partial charge in [-0.05, 0) is 47.8 Å². The second kappa shape index (κ2) is 8.49. The van der Waals surface area contributed by atoms with Gasteiger partial charge in [0.2, 0.25) is 0 Å². The molecule has 0 saturated carbocycles. The third kappa shape index (κ3) is 3.60. The molecule has 0 nitrogen and oxygen atoms in total. The number of hydrogen-bond acceptors (Lipinski definition) is 0. The van der Waals surface area contributed by atoms with Crippen LogP contribution in [-0.4, -0.2) is 16.1 Å². The van der Waals surface area contributed by atoms with Crippen molar-refractivity contribution in [2.45, 2.75) is 47.3 Å². The van der Waals surface area contributed by atoms with Gasteiger partial charge in [0.1, 0.15) is 0 Å². The highest BCUT2D eigenvalue weighted by Crippen LogP contribution is 2.41. The fraction of sp³-hybridized carbons (Fsp3) is 0.267. The van der Waals surface area contributed by atoms with E-state index in [1.807, 2.05) is 0 Å². The SMILES string of the molecule is CC1=C(C)C(C)C([Si](c2ccccc2)(c2ccccc2)c2cccc([Si](C)(C)C)c2)=C1C. The third-order valence-electron chi connectivity index (χ3n) is 7.62. The molecule has 0 heterocycles. The Bertz CT molecular complexity index is 1140. The highest BCUT2D eigenvalue weighted by Gasteiger charge is 2.48. The molecule has 0 bridgehead atoms. The molecule has 1 aliphatic rings. The van der Waals surface area contributed by atoms with Crippen LogP contribution >= 0.6 is 0 Å². The predicted octanol–water partition coefficient (Wildman–Crippen LogP) is 5.54. The monoisotopic (exact) mass is 452 g/mol. The Balaban J connectivity index is 2.17. The summed E-state index contributed by atoms with van der Waals surface area (Å²) in [5.41, 5.74) is 4.52. The lowest BCUT2D eigenvalue weighted by Crippen LogP contribution is -2.70. The maximum Gasteiger partial charge on any atom is 0.176 e. The van der Waals surface area contributed by atoms with Crippen LogP contribution in [0, 0.1) is 5.92 Å². The number of benzene rings is 3. The van der Waals surface area contributed by atoms with Crippen molar-refractivity contribution in [2.75, 3.05) is 0 Å². The minimum atomic E-state index is -2.45. The first-order valence-corrected chi connectivity index (χ1v) is 17.3. The molecule has 0 N–H and O–H groups in total. The summed E-state index contributed by atoms with van der Waals surface area (Å²) in [4.78, 5) is 0. The van der Waals surface area contributed by atoms with Crippen LogP contribution in [0.25, 0.3) is 0 Å². The van der Waals surface area contributed by atoms with E-state index in [2.05, 4.69) is 132 Å². The molecule has 1 atom stereocenters. The highest BCUT2D eigenvalue weighted by atomic mass is 28.3. The maximum atomic E-state index is 2.58. The molecular formula is C30H36Si2. The van der Waals surface area contributed by atoms with Crippen LogP contribution in [0.3, 0.4) is 0 Å². The van der Waals surface area contributed by atoms with Crippen LogP contribution < -0.4 is 20.7 Å². The lowest BCUT2D eigenvalue weighted by Gasteiger charge is -2.39. The predicted molar refractivity (Wildman–Crippen MR) is 147 cm³/mol. The molecule has 2 heteroatoms. The lowest BCUT2D eigenvalue weighted by molar-refractivity contribution is 0.851. The Morgan fingerprint density at radius 2 is 1.03 bits per heavy atom. The Labute approximate surface area is 196 Å². The van der Waals surface area contributed by atoms with E-state index in [-0.39, 0.29) is 0 Å². The molecule has 0 fully saturated rings. The van der Waals surface area contributed by atoms with Crippen LogP contribution in [0.15, 0.2) is 107 Å². The molecule has 164 valence electrons. The van der Waals surface area contributed by atoms with Gasteiger partial charge in [0.05, 0.1) is 8.07 Å². The molecular weight excluding hydrogens is 417 g/mol. The average Bonchev–Trinajstić information content (AvgIpc) is 2.99. The second-order valence-corrected chi connectivity index (χ2v) is 19.2. The quantitative estimate of drug-likeness (QED) is 0.352. The summed E-state index contributed by atoms with van der Waals surface area (Å²) in [5, 5.41) is 7.71. The Morgan fingerprint density at radius 3 is 1.47 bits per heavy atom. The van der Waals surface area contributed by atoms with E-state index in [4.69, 9.17) is 0 Å². The molecule has 3 aromatic carbocycles. The second-order valence-electron chi connectivity index (χ2n) is 10.4. The molecule has 1 aliphatic carbocycles. The van der Waals surface area contributed by atoms with Gasteiger partial charge in [-0.1, -0.05) is 133 Å². The summed E-state index contributed by atoms with van der Waals surface area (Å²) in [7, 11) is -3.90. The maximum absolute atomic E-state index is 2.58. The summed E-state index contributed by atoms with van der Waals surface area (Å²) in [5.74, 6) is 0.456. The van der Waals surface area contributed by atoms with Crippen molar-refractivity contribution in [2.24, 2.45) is 5.92 Å². The van der Waals surface area contributed by atoms with Crippen molar-refractivity contribution in [3.63, 3.8) is 0 Å². The summed E-state index contributed by atoms with van der Waals surface area (Å²) in [6, 6.07) is 32.4. The van der Waals surface area contributed by atoms with Gasteiger partial charge in [0.25, 0.3) is 0 Å². The number of hydrogen-bond donors (Lipinski definition) is 0. The van der Waals surface area contributed by atoms with Crippen LogP contribution in [0.4, 0.5) is 0 Å². The van der Waals surface area contributed by atoms with Gasteiger partial charge in [-0.15, -0.1) is 0 Å². The highest BCUT2D eigenvalue weighted by molar-refractivity contribution is 7.16. The molecule has 0 spiro atoms. The van der Waals surface area contributed by atoms with Gasteiger partial charge in [-0.3, -0.25) is 0 Å². The van der Waals surface area contributed by atoms with E-state index in [1.165, 1.54) is 32.3 Å². The molecule has 0 amide bonds. The smallest absolute Gasteiger partial charge is 0.0656 e. The molecule has 32 heavy (non-hydrogen) atoms. The zero-order valence-corrected chi connectivity index (χ0v) is 22.7. The minimum Gasteiger partial charge on any atom is -0.0656 e. The van der Waals surface area contributed by atoms with Crippen molar-refractivity contribution in [3.8, 4) is 0 Å². The first-order chi connectivity index (χ1) is 15.2. The molecule has 1 unspecified atom stereocenters. The fourth-order valence-corrected chi connectivity index (χ4v) is 12.5. The van der Waals surface area contributed by atoms with Gasteiger partial charge in [0, 0.05) is 0 Å². The van der Waals surface area contributed by atoms with Crippen molar-refractivity contribution in [1.82, 2.24) is 0 Å². The average molecular weight is 453 g/mol. The van der Waals surface area contributed by atoms with E-state index in [9.17, 15) is 0 Å². The first kappa shape index (κ1) is 22.8. The van der Waals surface area contributed by atoms with Crippen LogP contribution in [0.1, 0.15) is 27.7 Å². The Hall–Kier alpha value is -2.43. The van der Waals surface area contributed by atoms with Crippen molar-refractivity contribution >= 4 is 36.9 Å². The standard InChI is InChI=1S/C30H36Si2/c1-22-23(2)25(4)30(24(22)3)32(26-15-10-8-11-16-26,27-17-12-9-13-18-27)29-20-14-19-28(21-29)31(5,6)7/h8-21,24H,1-7H3. The van der Waals surface area contributed by atoms with E-state index < -0.39 is 16.1 Å². The lowest BCUT2D eigenvalue weighted by atomic mass is 10.1. The summed E-state index contributed by atoms with van der Waals surface area (Å²) in [6.45, 7) is 16.8. The minimum absolute atomic E-state index is 0.456. The zero-order chi connectivity index (χ0) is 23.1. The van der Waals surface area contributed by atoms with Crippen molar-refractivity contribution in [1.29, 1.82) is 0 Å². The van der Waals surface area contributed by atoms with Gasteiger partial charge in [0.15, 0.2) is 8.07 Å². The van der Waals surface area contributed by atoms with E-state index in [0.29, 0.717) is 5.92 Å². The molecule has 0 aromatic heterocycles. The Morgan fingerprint density at radius 1 is 0.562 bits per heavy atom. The zero-order valence-electron chi connectivity index (χ0n) is 20.7. The van der Waals surface area contributed by atoms with Crippen molar-refractivity contribution in [3.05, 3.63) is 107 Å². The molecule has 0 radical (unpaired) electrons. The molecule has 0 aliphatic heterocycles. The third-order valence-corrected chi connectivity index (χ3v) is 14.9. The van der Waals surface area contributed by atoms with Crippen molar-refractivity contribution < 1.29 is 0 Å². The molecule has 0 saturated heterocycles. The fourth-order valence-electron chi connectivity index (χ4n) is 5.53. The molecule has 3 aromatic rings. The van der Waals surface area contributed by atoms with Crippen LogP contribution in [0.5, 0.6) is 0 Å². The van der Waals surface area contributed by atoms with E-state index >= 15 is 0 Å². The topological polar surface area (TPSA) is 0 Å². The first-order valence-electron chi connectivity index (χ1n) is 11.8. The van der Waals surface area contributed by atoms with Gasteiger partial charge in [-0.2, -0.15) is 0 Å². The molecule has 4 rings (SSSR count). The van der Waals surface area contributed by atoms with Gasteiger partial charge >= 0.3 is 0 Å².